The predicted molar refractivity (Wildman–Crippen MR) is 225 cm³/mol. The Balaban J connectivity index is 1.73. The maximum atomic E-state index is 2.41. The van der Waals surface area contributed by atoms with Crippen molar-refractivity contribution in [2.45, 2.75) is 141 Å². The topological polar surface area (TPSA) is 0 Å². The Bertz CT molecular complexity index is 1260. The predicted octanol–water partition coefficient (Wildman–Crippen LogP) is 15.6. The van der Waals surface area contributed by atoms with Gasteiger partial charge in [0, 0.05) is 0 Å². The van der Waals surface area contributed by atoms with Crippen molar-refractivity contribution in [3.8, 4) is 0 Å². The van der Waals surface area contributed by atoms with E-state index in [9.17, 15) is 0 Å². The first kappa shape index (κ1) is 39.7. The van der Waals surface area contributed by atoms with Crippen LogP contribution in [-0.4, -0.2) is 0 Å². The Morgan fingerprint density at radius 3 is 0.857 bits per heavy atom. The second-order valence-electron chi connectivity index (χ2n) is 14.4. The van der Waals surface area contributed by atoms with Crippen LogP contribution in [0.3, 0.4) is 0 Å². The number of unbranched alkanes of at least 4 members (excludes halogenated alkanes) is 10. The lowest BCUT2D eigenvalue weighted by Crippen LogP contribution is -2.25. The molecule has 4 aromatic rings. The van der Waals surface area contributed by atoms with Gasteiger partial charge in [-0.15, -0.1) is 0 Å². The summed E-state index contributed by atoms with van der Waals surface area (Å²) in [5, 5.41) is 0. The minimum atomic E-state index is -0.129. The molecule has 0 N–H and O–H groups in total. The van der Waals surface area contributed by atoms with Crippen molar-refractivity contribution in [3.05, 3.63) is 142 Å². The van der Waals surface area contributed by atoms with E-state index in [0.29, 0.717) is 0 Å². The lowest BCUT2D eigenvalue weighted by Gasteiger charge is -2.38. The first-order valence-electron chi connectivity index (χ1n) is 19.1. The molecule has 0 aliphatic heterocycles. The Hall–Kier alpha value is -2.07. The highest BCUT2D eigenvalue weighted by Crippen LogP contribution is 2.62. The second kappa shape index (κ2) is 20.7. The first-order chi connectivity index (χ1) is 23.8. The van der Waals surface area contributed by atoms with E-state index in [1.807, 2.05) is 9.83 Å². The van der Waals surface area contributed by atoms with Gasteiger partial charge in [-0.3, -0.25) is 0 Å². The van der Waals surface area contributed by atoms with Gasteiger partial charge in [-0.25, -0.2) is 0 Å². The summed E-state index contributed by atoms with van der Waals surface area (Å²) in [6.45, 7) is 13.5. The van der Waals surface area contributed by atoms with Gasteiger partial charge in [0.15, 0.2) is 0 Å². The van der Waals surface area contributed by atoms with Crippen LogP contribution in [0.15, 0.2) is 97.1 Å². The molecule has 0 nitrogen and oxygen atoms in total. The highest BCUT2D eigenvalue weighted by molar-refractivity contribution is 9.09. The lowest BCUT2D eigenvalue weighted by atomic mass is 9.85. The van der Waals surface area contributed by atoms with E-state index in [1.165, 1.54) is 122 Å². The van der Waals surface area contributed by atoms with Crippen LogP contribution in [0.1, 0.15) is 148 Å². The fraction of sp³-hybridized carbons (Fsp3) is 0.478. The van der Waals surface area contributed by atoms with Gasteiger partial charge in [-0.05, 0) is 72.6 Å². The van der Waals surface area contributed by atoms with Crippen LogP contribution in [0.5, 0.6) is 0 Å². The van der Waals surface area contributed by atoms with Crippen molar-refractivity contribution in [3.63, 3.8) is 0 Å². The van der Waals surface area contributed by atoms with E-state index < -0.39 is 0 Å². The largest absolute Gasteiger partial charge is 0.0768 e. The quantitative estimate of drug-likeness (QED) is 0.0589. The maximum absolute atomic E-state index is 2.41. The van der Waals surface area contributed by atoms with Crippen molar-refractivity contribution >= 4 is 31.4 Å². The normalized spacial score (nSPS) is 12.0. The van der Waals surface area contributed by atoms with E-state index in [1.54, 1.807) is 0 Å². The number of benzene rings is 4. The zero-order valence-corrected chi connectivity index (χ0v) is 33.8. The van der Waals surface area contributed by atoms with Gasteiger partial charge < -0.3 is 0 Å². The summed E-state index contributed by atoms with van der Waals surface area (Å²) in [5.41, 5.74) is 11.0. The molecule has 0 unspecified atom stereocenters. The van der Waals surface area contributed by atoms with Crippen molar-refractivity contribution < 1.29 is 0 Å². The van der Waals surface area contributed by atoms with Crippen LogP contribution < -0.4 is 0 Å². The van der Waals surface area contributed by atoms with Crippen LogP contribution in [0.4, 0.5) is 0 Å². The molecule has 0 heterocycles. The minimum absolute atomic E-state index is 0.129. The summed E-state index contributed by atoms with van der Waals surface area (Å²) < 4.78 is -0.257. The third kappa shape index (κ3) is 11.5. The summed E-state index contributed by atoms with van der Waals surface area (Å²) in [6, 6.07) is 37.8. The van der Waals surface area contributed by atoms with Crippen LogP contribution in [-0.2, 0) is 9.49 Å². The molecule has 4 rings (SSSR count). The zero-order chi connectivity index (χ0) is 35.0. The second-order valence-corrected chi connectivity index (χ2v) is 18.9. The molecule has 4 aromatic carbocycles. The van der Waals surface area contributed by atoms with Crippen LogP contribution in [0.25, 0.3) is 0 Å². The lowest BCUT2D eigenvalue weighted by molar-refractivity contribution is 0.550. The smallest absolute Gasteiger partial charge is 0.0659 e. The van der Waals surface area contributed by atoms with Crippen molar-refractivity contribution in [1.82, 2.24) is 0 Å². The van der Waals surface area contributed by atoms with Crippen molar-refractivity contribution in [1.29, 1.82) is 0 Å². The Labute approximate surface area is 312 Å². The molecule has 264 valence electrons. The molecular weight excluding hydrogens is 649 g/mol. The van der Waals surface area contributed by atoms with Gasteiger partial charge in [-0.1, -0.05) is 232 Å². The van der Waals surface area contributed by atoms with E-state index in [-0.39, 0.29) is 9.49 Å². The Morgan fingerprint density at radius 2 is 0.592 bits per heavy atom. The number of hydrogen-bond donors (Lipinski definition) is 0. The molecule has 0 radical (unpaired) electrons. The molecule has 0 saturated carbocycles. The van der Waals surface area contributed by atoms with Crippen molar-refractivity contribution in [2.75, 3.05) is 0 Å². The molecule has 0 aliphatic carbocycles. The Morgan fingerprint density at radius 1 is 0.347 bits per heavy atom. The van der Waals surface area contributed by atoms with E-state index >= 15 is 0 Å². The summed E-state index contributed by atoms with van der Waals surface area (Å²) in [6.07, 6.45) is 18.0. The molecular formula is C46H62S3. The van der Waals surface area contributed by atoms with E-state index in [2.05, 4.69) is 160 Å². The minimum Gasteiger partial charge on any atom is -0.0659 e. The Kier molecular flexibility index (Phi) is 16.8. The third-order valence-electron chi connectivity index (χ3n) is 10.2. The SMILES string of the molecule is CCCCCCCCC(SSSC(CCCCCCCC)(c1ccc(C)cc1)c1ccc(C)cc1)(c1ccc(C)cc1)c1ccc(C)cc1. The molecule has 0 amide bonds. The molecule has 0 aromatic heterocycles. The molecule has 0 bridgehead atoms. The first-order valence-corrected chi connectivity index (χ1v) is 22.6. The van der Waals surface area contributed by atoms with E-state index in [4.69, 9.17) is 0 Å². The van der Waals surface area contributed by atoms with Gasteiger partial charge in [0.2, 0.25) is 0 Å². The summed E-state index contributed by atoms with van der Waals surface area (Å²) in [4.78, 5) is 0. The summed E-state index contributed by atoms with van der Waals surface area (Å²) in [5.74, 6) is 0. The third-order valence-corrected chi connectivity index (χ3v) is 15.6. The van der Waals surface area contributed by atoms with Crippen LogP contribution >= 0.6 is 31.4 Å². The molecule has 3 heteroatoms. The zero-order valence-electron chi connectivity index (χ0n) is 31.4. The highest BCUT2D eigenvalue weighted by atomic mass is 33.5. The van der Waals surface area contributed by atoms with E-state index in [0.717, 1.165) is 12.8 Å². The number of hydrogen-bond acceptors (Lipinski definition) is 3. The highest BCUT2D eigenvalue weighted by Gasteiger charge is 2.39. The molecule has 49 heavy (non-hydrogen) atoms. The molecule has 0 saturated heterocycles. The van der Waals surface area contributed by atoms with Crippen LogP contribution in [0.2, 0.25) is 0 Å². The molecule has 0 aliphatic rings. The average molecular weight is 711 g/mol. The molecule has 0 atom stereocenters. The number of aryl methyl sites for hydroxylation is 4. The van der Waals surface area contributed by atoms with Gasteiger partial charge in [-0.2, -0.15) is 0 Å². The summed E-state index contributed by atoms with van der Waals surface area (Å²) >= 11 is 0. The van der Waals surface area contributed by atoms with Gasteiger partial charge in [0.1, 0.15) is 0 Å². The van der Waals surface area contributed by atoms with Crippen LogP contribution in [0, 0.1) is 27.7 Å². The van der Waals surface area contributed by atoms with Gasteiger partial charge in [0.05, 0.1) is 9.49 Å². The fourth-order valence-corrected chi connectivity index (χ4v) is 13.4. The number of rotatable bonds is 22. The maximum Gasteiger partial charge on any atom is 0.0768 e. The molecule has 0 spiro atoms. The average Bonchev–Trinajstić information content (AvgIpc) is 3.11. The molecule has 0 fully saturated rings. The summed E-state index contributed by atoms with van der Waals surface area (Å²) in [7, 11) is 6.26. The standard InChI is InChI=1S/C46H62S3/c1-7-9-11-13-15-17-35-45(41-27-19-37(3)20-28-41,42-29-21-38(4)22-30-42)47-49-48-46(36-18-16-14-12-10-8-2,43-31-23-39(5)24-32-43)44-33-25-40(6)26-34-44/h19-34H,7-18,35-36H2,1-6H3. The fourth-order valence-electron chi connectivity index (χ4n) is 6.92. The van der Waals surface area contributed by atoms with Gasteiger partial charge in [0.25, 0.3) is 0 Å². The monoisotopic (exact) mass is 710 g/mol. The van der Waals surface area contributed by atoms with Gasteiger partial charge >= 0.3 is 0 Å². The van der Waals surface area contributed by atoms with Crippen molar-refractivity contribution in [2.24, 2.45) is 0 Å².